The number of nitrogens with zero attached hydrogens (tertiary/aromatic N) is 4. The number of hydrogen-bond acceptors (Lipinski definition) is 5. The number of benzene rings is 1. The summed E-state index contributed by atoms with van der Waals surface area (Å²) in [5.41, 5.74) is 1.23. The second-order valence-corrected chi connectivity index (χ2v) is 7.70. The van der Waals surface area contributed by atoms with Crippen LogP contribution in [0, 0.1) is 13.8 Å². The van der Waals surface area contributed by atoms with Gasteiger partial charge in [-0.05, 0) is 37.4 Å². The van der Waals surface area contributed by atoms with E-state index in [9.17, 15) is 9.59 Å². The molecule has 4 aromatic rings. The average molecular weight is 414 g/mol. The molecule has 0 fully saturated rings. The van der Waals surface area contributed by atoms with Gasteiger partial charge in [-0.3, -0.25) is 19.6 Å². The number of hydrogen-bond donors (Lipinski definition) is 1. The Morgan fingerprint density at radius 2 is 2.00 bits per heavy atom. The van der Waals surface area contributed by atoms with Crippen molar-refractivity contribution in [3.05, 3.63) is 78.9 Å². The number of fused-ring (bicyclic) bond motifs is 1. The average Bonchev–Trinajstić information content (AvgIpc) is 3.34. The number of halogens is 1. The van der Waals surface area contributed by atoms with Crippen LogP contribution in [-0.2, 0) is 6.54 Å². The number of thiophene rings is 1. The number of anilines is 1. The molecular formula is C19H16ClN5O2S. The Kier molecular flexibility index (Phi) is 4.74. The van der Waals surface area contributed by atoms with E-state index in [2.05, 4.69) is 15.1 Å². The number of rotatable bonds is 4. The summed E-state index contributed by atoms with van der Waals surface area (Å²) in [4.78, 5) is 37.0. The van der Waals surface area contributed by atoms with Gasteiger partial charge in [-0.15, -0.1) is 11.3 Å². The maximum atomic E-state index is 13.3. The lowest BCUT2D eigenvalue weighted by Crippen LogP contribution is -2.31. The third-order valence-electron chi connectivity index (χ3n) is 4.45. The van der Waals surface area contributed by atoms with Gasteiger partial charge in [0.15, 0.2) is 0 Å². The Labute approximate surface area is 169 Å². The summed E-state index contributed by atoms with van der Waals surface area (Å²) >= 11 is 7.76. The van der Waals surface area contributed by atoms with Crippen molar-refractivity contribution in [3.63, 3.8) is 0 Å². The lowest BCUT2D eigenvalue weighted by atomic mass is 10.2. The zero-order valence-electron chi connectivity index (χ0n) is 15.1. The molecule has 4 rings (SSSR count). The molecule has 7 nitrogen and oxygen atoms in total. The van der Waals surface area contributed by atoms with Crippen molar-refractivity contribution in [2.24, 2.45) is 0 Å². The van der Waals surface area contributed by atoms with Gasteiger partial charge in [0.05, 0.1) is 17.1 Å². The summed E-state index contributed by atoms with van der Waals surface area (Å²) in [6, 6.07) is 10.7. The van der Waals surface area contributed by atoms with Gasteiger partial charge in [0, 0.05) is 16.1 Å². The summed E-state index contributed by atoms with van der Waals surface area (Å²) in [5, 5.41) is 5.20. The minimum atomic E-state index is -0.320. The van der Waals surface area contributed by atoms with Crippen LogP contribution in [0.15, 0.2) is 46.6 Å². The first-order valence-corrected chi connectivity index (χ1v) is 9.76. The molecule has 0 unspecified atom stereocenters. The molecule has 3 aromatic heterocycles. The number of aryl methyl sites for hydroxylation is 1. The molecule has 0 radical (unpaired) electrons. The topological polar surface area (TPSA) is 83.4 Å². The van der Waals surface area contributed by atoms with Crippen molar-refractivity contribution in [2.75, 3.05) is 4.90 Å². The van der Waals surface area contributed by atoms with Crippen LogP contribution in [0.3, 0.4) is 0 Å². The predicted molar refractivity (Wildman–Crippen MR) is 109 cm³/mol. The quantitative estimate of drug-likeness (QED) is 0.554. The molecular weight excluding hydrogens is 398 g/mol. The number of aromatic nitrogens is 4. The van der Waals surface area contributed by atoms with Gasteiger partial charge in [-0.1, -0.05) is 29.8 Å². The summed E-state index contributed by atoms with van der Waals surface area (Å²) < 4.78 is 1.25. The molecule has 0 aliphatic carbocycles. The minimum absolute atomic E-state index is 0.214. The molecule has 142 valence electrons. The second-order valence-electron chi connectivity index (χ2n) is 6.26. The predicted octanol–water partition coefficient (Wildman–Crippen LogP) is 3.60. The fourth-order valence-corrected chi connectivity index (χ4v) is 3.70. The van der Waals surface area contributed by atoms with Crippen molar-refractivity contribution in [3.8, 4) is 0 Å². The third-order valence-corrected chi connectivity index (χ3v) is 5.64. The van der Waals surface area contributed by atoms with E-state index < -0.39 is 0 Å². The molecule has 1 N–H and O–H groups in total. The van der Waals surface area contributed by atoms with Crippen LogP contribution in [-0.4, -0.2) is 25.5 Å². The monoisotopic (exact) mass is 413 g/mol. The first kappa shape index (κ1) is 18.4. The third kappa shape index (κ3) is 3.21. The zero-order chi connectivity index (χ0) is 19.8. The summed E-state index contributed by atoms with van der Waals surface area (Å²) in [6.45, 7) is 3.74. The number of carbonyl (C=O) groups excluding carboxylic acids is 1. The fraction of sp³-hybridized carbons (Fsp3) is 0.158. The number of H-pyrrole nitrogens is 1. The fourth-order valence-electron chi connectivity index (χ4n) is 2.79. The van der Waals surface area contributed by atoms with Crippen LogP contribution >= 0.6 is 22.9 Å². The number of amides is 1. The van der Waals surface area contributed by atoms with Gasteiger partial charge in [-0.2, -0.15) is 9.50 Å². The molecule has 0 atom stereocenters. The molecule has 0 aliphatic heterocycles. The zero-order valence-corrected chi connectivity index (χ0v) is 16.7. The molecule has 1 aromatic carbocycles. The molecule has 1 amide bonds. The van der Waals surface area contributed by atoms with Crippen LogP contribution in [0.2, 0.25) is 5.02 Å². The highest BCUT2D eigenvalue weighted by Gasteiger charge is 2.24. The van der Waals surface area contributed by atoms with Crippen LogP contribution in [0.25, 0.3) is 5.78 Å². The highest BCUT2D eigenvalue weighted by atomic mass is 35.5. The van der Waals surface area contributed by atoms with E-state index in [0.717, 1.165) is 4.88 Å². The van der Waals surface area contributed by atoms with E-state index in [4.69, 9.17) is 11.6 Å². The molecule has 28 heavy (non-hydrogen) atoms. The van der Waals surface area contributed by atoms with Crippen LogP contribution in [0.4, 0.5) is 5.95 Å². The van der Waals surface area contributed by atoms with Crippen molar-refractivity contribution in [2.45, 2.75) is 20.4 Å². The Bertz CT molecular complexity index is 1230. The van der Waals surface area contributed by atoms with E-state index in [-0.39, 0.29) is 29.7 Å². The van der Waals surface area contributed by atoms with Crippen LogP contribution in [0.5, 0.6) is 0 Å². The number of aromatic amines is 1. The lowest BCUT2D eigenvalue weighted by Gasteiger charge is -2.19. The molecule has 9 heteroatoms. The number of nitrogens with one attached hydrogen (secondary N) is 1. The van der Waals surface area contributed by atoms with E-state index in [1.54, 1.807) is 38.1 Å². The van der Waals surface area contributed by atoms with Crippen LogP contribution < -0.4 is 10.5 Å². The van der Waals surface area contributed by atoms with E-state index >= 15 is 0 Å². The van der Waals surface area contributed by atoms with Gasteiger partial charge >= 0.3 is 0 Å². The Hall–Kier alpha value is -2.97. The standard InChI is InChI=1S/C19H16ClN5O2S/c1-11-12(2)21-18-22-19(23-25(18)16(11)26)24(10-13-6-5-9-28-13)17(27)14-7-3-4-8-15(14)20/h3-9H,10H2,1-2H3,(H,21,22,23). The minimum Gasteiger partial charge on any atom is -0.272 e. The molecule has 0 aliphatic rings. The van der Waals surface area contributed by atoms with Crippen molar-refractivity contribution >= 4 is 40.6 Å². The molecule has 0 spiro atoms. The van der Waals surface area contributed by atoms with E-state index in [0.29, 0.717) is 21.8 Å². The Balaban J connectivity index is 1.85. The second kappa shape index (κ2) is 7.21. The maximum absolute atomic E-state index is 13.3. The van der Waals surface area contributed by atoms with Gasteiger partial charge in [0.25, 0.3) is 17.2 Å². The first-order valence-electron chi connectivity index (χ1n) is 8.50. The molecule has 0 saturated carbocycles. The smallest absolute Gasteiger partial charge is 0.272 e. The van der Waals surface area contributed by atoms with Crippen molar-refractivity contribution < 1.29 is 4.79 Å². The normalized spacial score (nSPS) is 11.1. The Morgan fingerprint density at radius 3 is 2.71 bits per heavy atom. The van der Waals surface area contributed by atoms with Crippen LogP contribution in [0.1, 0.15) is 26.5 Å². The summed E-state index contributed by atoms with van der Waals surface area (Å²) in [7, 11) is 0. The molecule has 0 bridgehead atoms. The summed E-state index contributed by atoms with van der Waals surface area (Å²) in [6.07, 6.45) is 0. The lowest BCUT2D eigenvalue weighted by molar-refractivity contribution is 0.0984. The molecule has 0 saturated heterocycles. The van der Waals surface area contributed by atoms with Crippen molar-refractivity contribution in [1.82, 2.24) is 19.6 Å². The molecule has 3 heterocycles. The SMILES string of the molecule is Cc1nc2nc(N(Cc3cccs3)C(=O)c3ccccc3Cl)[nH]n2c(=O)c1C. The highest BCUT2D eigenvalue weighted by molar-refractivity contribution is 7.09. The van der Waals surface area contributed by atoms with Crippen molar-refractivity contribution in [1.29, 1.82) is 0 Å². The number of carbonyl (C=O) groups is 1. The van der Waals surface area contributed by atoms with Gasteiger partial charge in [-0.25, -0.2) is 4.98 Å². The van der Waals surface area contributed by atoms with Gasteiger partial charge < -0.3 is 0 Å². The van der Waals surface area contributed by atoms with E-state index in [1.807, 2.05) is 17.5 Å². The first-order chi connectivity index (χ1) is 13.5. The Morgan fingerprint density at radius 1 is 1.21 bits per heavy atom. The van der Waals surface area contributed by atoms with Gasteiger partial charge in [0.1, 0.15) is 0 Å². The summed E-state index contributed by atoms with van der Waals surface area (Å²) in [5.74, 6) is 0.124. The largest absolute Gasteiger partial charge is 0.277 e. The van der Waals surface area contributed by atoms with E-state index in [1.165, 1.54) is 20.8 Å². The highest BCUT2D eigenvalue weighted by Crippen LogP contribution is 2.23. The maximum Gasteiger partial charge on any atom is 0.277 e. The van der Waals surface area contributed by atoms with Gasteiger partial charge in [0.2, 0.25) is 5.95 Å².